The summed E-state index contributed by atoms with van der Waals surface area (Å²) in [7, 11) is 0. The van der Waals surface area contributed by atoms with Crippen molar-refractivity contribution in [2.45, 2.75) is 19.0 Å². The molecule has 10 heteroatoms. The van der Waals surface area contributed by atoms with E-state index in [-0.39, 0.29) is 37.5 Å². The molecule has 3 amide bonds. The molecule has 2 aromatic carbocycles. The lowest BCUT2D eigenvalue weighted by Crippen LogP contribution is -2.60. The molecule has 0 spiro atoms. The van der Waals surface area contributed by atoms with Gasteiger partial charge < -0.3 is 25.0 Å². The van der Waals surface area contributed by atoms with Gasteiger partial charge in [-0.25, -0.2) is 0 Å². The molecule has 0 aromatic heterocycles. The minimum Gasteiger partial charge on any atom is -0.454 e. The number of rotatable bonds is 7. The van der Waals surface area contributed by atoms with Crippen LogP contribution in [0.4, 0.5) is 5.69 Å². The number of nitrogens with zero attached hydrogens (tertiary/aromatic N) is 3. The summed E-state index contributed by atoms with van der Waals surface area (Å²) in [6, 6.07) is 14.3. The number of para-hydroxylation sites is 1. The topological polar surface area (TPSA) is 103 Å². The highest BCUT2D eigenvalue weighted by Gasteiger charge is 2.35. The highest BCUT2D eigenvalue weighted by molar-refractivity contribution is 5.97. The van der Waals surface area contributed by atoms with Crippen LogP contribution < -0.4 is 20.1 Å². The molecule has 1 atom stereocenters. The summed E-state index contributed by atoms with van der Waals surface area (Å²) >= 11 is 0. The van der Waals surface area contributed by atoms with E-state index in [1.165, 1.54) is 5.56 Å². The fraction of sp³-hybridized carbons (Fsp3) is 0.423. The van der Waals surface area contributed by atoms with Gasteiger partial charge in [0.25, 0.3) is 0 Å². The van der Waals surface area contributed by atoms with Gasteiger partial charge in [0.15, 0.2) is 11.5 Å². The fourth-order valence-electron chi connectivity index (χ4n) is 4.81. The molecule has 2 fully saturated rings. The minimum absolute atomic E-state index is 0.0736. The van der Waals surface area contributed by atoms with Gasteiger partial charge in [-0.1, -0.05) is 24.3 Å². The number of hydrogen-bond donors (Lipinski definition) is 2. The second-order valence-electron chi connectivity index (χ2n) is 9.25. The Balaban J connectivity index is 1.12. The number of amides is 3. The average Bonchev–Trinajstić information content (AvgIpc) is 3.35. The third-order valence-corrected chi connectivity index (χ3v) is 6.75. The van der Waals surface area contributed by atoms with E-state index in [4.69, 9.17) is 9.47 Å². The van der Waals surface area contributed by atoms with Gasteiger partial charge in [-0.05, 0) is 29.8 Å². The van der Waals surface area contributed by atoms with Gasteiger partial charge in [0.2, 0.25) is 24.5 Å². The summed E-state index contributed by atoms with van der Waals surface area (Å²) in [4.78, 5) is 44.3. The van der Waals surface area contributed by atoms with E-state index in [0.29, 0.717) is 18.8 Å². The molecule has 0 saturated carbocycles. The largest absolute Gasteiger partial charge is 0.454 e. The van der Waals surface area contributed by atoms with Crippen LogP contribution >= 0.6 is 0 Å². The molecule has 5 rings (SSSR count). The summed E-state index contributed by atoms with van der Waals surface area (Å²) in [5.41, 5.74) is 1.83. The lowest BCUT2D eigenvalue weighted by atomic mass is 10.1. The number of fused-ring (bicyclic) bond motifs is 1. The van der Waals surface area contributed by atoms with Gasteiger partial charge in [0.1, 0.15) is 6.04 Å². The number of carbonyl (C=O) groups is 3. The van der Waals surface area contributed by atoms with Crippen LogP contribution in [-0.4, -0.2) is 91.1 Å². The maximum absolute atomic E-state index is 13.2. The molecule has 3 aliphatic heterocycles. The Bertz CT molecular complexity index is 1100. The van der Waals surface area contributed by atoms with Gasteiger partial charge >= 0.3 is 0 Å². The normalized spacial score (nSPS) is 20.2. The molecule has 0 bridgehead atoms. The SMILES string of the molecule is O=C(C[C@@H]1C(=O)NCCN1C(=O)CN1CCN(Cc2ccc3c(c2)OCO3)CC1)Nc1ccccc1. The average molecular weight is 494 g/mol. The van der Waals surface area contributed by atoms with E-state index in [1.54, 1.807) is 17.0 Å². The highest BCUT2D eigenvalue weighted by Crippen LogP contribution is 2.32. The summed E-state index contributed by atoms with van der Waals surface area (Å²) < 4.78 is 10.9. The van der Waals surface area contributed by atoms with E-state index in [1.807, 2.05) is 30.3 Å². The van der Waals surface area contributed by atoms with Crippen molar-refractivity contribution in [3.05, 3.63) is 54.1 Å². The summed E-state index contributed by atoms with van der Waals surface area (Å²) in [6.45, 7) is 5.30. The third-order valence-electron chi connectivity index (χ3n) is 6.75. The van der Waals surface area contributed by atoms with Crippen LogP contribution in [0.1, 0.15) is 12.0 Å². The first-order valence-electron chi connectivity index (χ1n) is 12.3. The zero-order valence-electron chi connectivity index (χ0n) is 20.2. The maximum atomic E-state index is 13.2. The Kier molecular flexibility index (Phi) is 7.33. The molecule has 190 valence electrons. The molecular weight excluding hydrogens is 462 g/mol. The van der Waals surface area contributed by atoms with Crippen molar-refractivity contribution in [3.63, 3.8) is 0 Å². The van der Waals surface area contributed by atoms with Crippen molar-refractivity contribution in [2.75, 3.05) is 57.9 Å². The van der Waals surface area contributed by atoms with Gasteiger partial charge in [-0.3, -0.25) is 24.2 Å². The first kappa shape index (κ1) is 24.1. The number of hydrogen-bond acceptors (Lipinski definition) is 7. The molecule has 2 N–H and O–H groups in total. The molecule has 0 radical (unpaired) electrons. The fourth-order valence-corrected chi connectivity index (χ4v) is 4.81. The number of benzene rings is 2. The zero-order chi connectivity index (χ0) is 24.9. The van der Waals surface area contributed by atoms with Crippen LogP contribution in [0, 0.1) is 0 Å². The Morgan fingerprint density at radius 3 is 2.50 bits per heavy atom. The zero-order valence-corrected chi connectivity index (χ0v) is 20.2. The molecular formula is C26H31N5O5. The number of nitrogens with one attached hydrogen (secondary N) is 2. The summed E-state index contributed by atoms with van der Waals surface area (Å²) in [5.74, 6) is 0.870. The molecule has 36 heavy (non-hydrogen) atoms. The van der Waals surface area contributed by atoms with E-state index >= 15 is 0 Å². The van der Waals surface area contributed by atoms with Crippen LogP contribution in [0.5, 0.6) is 11.5 Å². The molecule has 3 heterocycles. The van der Waals surface area contributed by atoms with E-state index in [9.17, 15) is 14.4 Å². The van der Waals surface area contributed by atoms with Crippen LogP contribution in [0.3, 0.4) is 0 Å². The third kappa shape index (κ3) is 5.77. The molecule has 2 aromatic rings. The number of ether oxygens (including phenoxy) is 2. The predicted molar refractivity (Wildman–Crippen MR) is 132 cm³/mol. The number of carbonyl (C=O) groups excluding carboxylic acids is 3. The first-order chi connectivity index (χ1) is 17.5. The van der Waals surface area contributed by atoms with Crippen LogP contribution in [0.25, 0.3) is 0 Å². The molecule has 0 aliphatic carbocycles. The summed E-state index contributed by atoms with van der Waals surface area (Å²) in [6.07, 6.45) is -0.0736. The van der Waals surface area contributed by atoms with E-state index < -0.39 is 6.04 Å². The Morgan fingerprint density at radius 1 is 0.944 bits per heavy atom. The van der Waals surface area contributed by atoms with Crippen molar-refractivity contribution >= 4 is 23.4 Å². The molecule has 0 unspecified atom stereocenters. The van der Waals surface area contributed by atoms with Crippen LogP contribution in [0.2, 0.25) is 0 Å². The van der Waals surface area contributed by atoms with Gasteiger partial charge in [-0.2, -0.15) is 0 Å². The van der Waals surface area contributed by atoms with Gasteiger partial charge in [0, 0.05) is 51.5 Å². The van der Waals surface area contributed by atoms with Crippen molar-refractivity contribution in [1.82, 2.24) is 20.0 Å². The van der Waals surface area contributed by atoms with E-state index in [0.717, 1.165) is 44.2 Å². The second kappa shape index (κ2) is 11.0. The van der Waals surface area contributed by atoms with Crippen molar-refractivity contribution in [1.29, 1.82) is 0 Å². The Labute approximate surface area is 210 Å². The second-order valence-corrected chi connectivity index (χ2v) is 9.25. The molecule has 10 nitrogen and oxygen atoms in total. The van der Waals surface area contributed by atoms with Crippen molar-refractivity contribution in [2.24, 2.45) is 0 Å². The minimum atomic E-state index is -0.803. The van der Waals surface area contributed by atoms with Gasteiger partial charge in [0.05, 0.1) is 13.0 Å². The smallest absolute Gasteiger partial charge is 0.243 e. The van der Waals surface area contributed by atoms with E-state index in [2.05, 4.69) is 26.5 Å². The molecule has 2 saturated heterocycles. The quantitative estimate of drug-likeness (QED) is 0.591. The highest BCUT2D eigenvalue weighted by atomic mass is 16.7. The monoisotopic (exact) mass is 493 g/mol. The number of anilines is 1. The lowest BCUT2D eigenvalue weighted by Gasteiger charge is -2.38. The standard InChI is InChI=1S/C26H31N5O5/c32-24(28-20-4-2-1-3-5-20)15-21-26(34)27-8-9-31(21)25(33)17-30-12-10-29(11-13-30)16-19-6-7-22-23(14-19)36-18-35-22/h1-7,14,21H,8-13,15-18H2,(H,27,34)(H,28,32)/t21-/m1/s1. The Hall–Kier alpha value is -3.63. The van der Waals surface area contributed by atoms with Crippen LogP contribution in [0.15, 0.2) is 48.5 Å². The van der Waals surface area contributed by atoms with Gasteiger partial charge in [-0.15, -0.1) is 0 Å². The first-order valence-corrected chi connectivity index (χ1v) is 12.3. The van der Waals surface area contributed by atoms with Crippen molar-refractivity contribution in [3.8, 4) is 11.5 Å². The number of piperazine rings is 2. The summed E-state index contributed by atoms with van der Waals surface area (Å²) in [5, 5.41) is 5.59. The Morgan fingerprint density at radius 2 is 1.69 bits per heavy atom. The van der Waals surface area contributed by atoms with Crippen LogP contribution in [-0.2, 0) is 20.9 Å². The lowest BCUT2D eigenvalue weighted by molar-refractivity contribution is -0.145. The van der Waals surface area contributed by atoms with Crippen molar-refractivity contribution < 1.29 is 23.9 Å². The predicted octanol–water partition coefficient (Wildman–Crippen LogP) is 0.889. The molecule has 3 aliphatic rings. The maximum Gasteiger partial charge on any atom is 0.243 e.